The van der Waals surface area contributed by atoms with Gasteiger partial charge in [0.25, 0.3) is 0 Å². The van der Waals surface area contributed by atoms with Crippen LogP contribution in [0, 0.1) is 0 Å². The topological polar surface area (TPSA) is 51.5 Å². The van der Waals surface area contributed by atoms with Gasteiger partial charge in [0.05, 0.1) is 13.2 Å². The molecule has 1 aromatic heterocycles. The number of nitrogens with one attached hydrogen (secondary N) is 1. The Morgan fingerprint density at radius 2 is 2.38 bits per heavy atom. The summed E-state index contributed by atoms with van der Waals surface area (Å²) in [5.41, 5.74) is 0. The lowest BCUT2D eigenvalue weighted by Crippen LogP contribution is -2.19. The highest BCUT2D eigenvalue weighted by Crippen LogP contribution is 2.17. The fraction of sp³-hybridized carbons (Fsp3) is 0.364. The molecule has 0 bridgehead atoms. The van der Waals surface area contributed by atoms with Crippen molar-refractivity contribution in [3.63, 3.8) is 0 Å². The van der Waals surface area contributed by atoms with Crippen LogP contribution in [0.25, 0.3) is 0 Å². The summed E-state index contributed by atoms with van der Waals surface area (Å²) >= 11 is 3.25. The summed E-state index contributed by atoms with van der Waals surface area (Å²) in [5.74, 6) is 0.432. The number of halogens is 1. The molecular formula is C11H14BrNO3. The van der Waals surface area contributed by atoms with Gasteiger partial charge in [0, 0.05) is 11.0 Å². The molecule has 0 spiro atoms. The van der Waals surface area contributed by atoms with E-state index in [1.165, 1.54) is 7.11 Å². The summed E-state index contributed by atoms with van der Waals surface area (Å²) < 4.78 is 10.8. The van der Waals surface area contributed by atoms with E-state index in [-0.39, 0.29) is 11.8 Å². The van der Waals surface area contributed by atoms with E-state index >= 15 is 0 Å². The SMILES string of the molecule is C=C(Br)CNC(C)c1ccc(C(=O)OC)o1. The second kappa shape index (κ2) is 5.86. The van der Waals surface area contributed by atoms with Gasteiger partial charge in [-0.25, -0.2) is 4.79 Å². The van der Waals surface area contributed by atoms with Gasteiger partial charge in [0.1, 0.15) is 5.76 Å². The molecule has 0 aliphatic rings. The molecule has 1 unspecified atom stereocenters. The Bertz CT molecular complexity index is 386. The summed E-state index contributed by atoms with van der Waals surface area (Å²) in [5, 5.41) is 3.18. The Balaban J connectivity index is 2.63. The van der Waals surface area contributed by atoms with E-state index < -0.39 is 5.97 Å². The van der Waals surface area contributed by atoms with Crippen molar-refractivity contribution in [1.29, 1.82) is 0 Å². The van der Waals surface area contributed by atoms with Gasteiger partial charge in [-0.2, -0.15) is 0 Å². The van der Waals surface area contributed by atoms with Crippen LogP contribution >= 0.6 is 15.9 Å². The molecule has 0 amide bonds. The summed E-state index contributed by atoms with van der Waals surface area (Å²) in [7, 11) is 1.32. The Hall–Kier alpha value is -1.07. The van der Waals surface area contributed by atoms with Crippen molar-refractivity contribution in [3.05, 3.63) is 34.7 Å². The van der Waals surface area contributed by atoms with Crippen LogP contribution in [0.3, 0.4) is 0 Å². The Morgan fingerprint density at radius 1 is 1.69 bits per heavy atom. The van der Waals surface area contributed by atoms with Crippen molar-refractivity contribution in [3.8, 4) is 0 Å². The zero-order valence-corrected chi connectivity index (χ0v) is 10.8. The van der Waals surface area contributed by atoms with Gasteiger partial charge < -0.3 is 14.5 Å². The van der Waals surface area contributed by atoms with E-state index in [9.17, 15) is 4.79 Å². The number of hydrogen-bond acceptors (Lipinski definition) is 4. The molecule has 4 nitrogen and oxygen atoms in total. The van der Waals surface area contributed by atoms with E-state index in [0.717, 1.165) is 4.48 Å². The lowest BCUT2D eigenvalue weighted by Gasteiger charge is -2.10. The fourth-order valence-electron chi connectivity index (χ4n) is 1.16. The first-order valence-corrected chi connectivity index (χ1v) is 5.58. The molecule has 0 radical (unpaired) electrons. The maximum absolute atomic E-state index is 11.2. The minimum atomic E-state index is -0.469. The Kier molecular flexibility index (Phi) is 4.76. The Labute approximate surface area is 103 Å². The highest BCUT2D eigenvalue weighted by atomic mass is 79.9. The molecule has 1 N–H and O–H groups in total. The molecule has 0 aliphatic carbocycles. The highest BCUT2D eigenvalue weighted by Gasteiger charge is 2.14. The largest absolute Gasteiger partial charge is 0.463 e. The number of hydrogen-bond donors (Lipinski definition) is 1. The standard InChI is InChI=1S/C11H14BrNO3/c1-7(12)6-13-8(2)9-4-5-10(16-9)11(14)15-3/h4-5,8,13H,1,6H2,2-3H3. The van der Waals surface area contributed by atoms with Gasteiger partial charge in [-0.1, -0.05) is 22.5 Å². The lowest BCUT2D eigenvalue weighted by atomic mass is 10.2. The predicted octanol–water partition coefficient (Wildman–Crippen LogP) is 2.63. The molecule has 1 heterocycles. The summed E-state index contributed by atoms with van der Waals surface area (Å²) in [6.45, 7) is 6.29. The van der Waals surface area contributed by atoms with Gasteiger partial charge in [0.2, 0.25) is 5.76 Å². The summed E-state index contributed by atoms with van der Waals surface area (Å²) in [6, 6.07) is 3.36. The Morgan fingerprint density at radius 3 is 2.94 bits per heavy atom. The van der Waals surface area contributed by atoms with Crippen LogP contribution in [-0.4, -0.2) is 19.6 Å². The van der Waals surface area contributed by atoms with E-state index in [0.29, 0.717) is 12.3 Å². The number of esters is 1. The first-order valence-electron chi connectivity index (χ1n) is 4.79. The van der Waals surface area contributed by atoms with Gasteiger partial charge in [0.15, 0.2) is 0 Å². The van der Waals surface area contributed by atoms with Crippen LogP contribution in [0.5, 0.6) is 0 Å². The van der Waals surface area contributed by atoms with Crippen molar-refractivity contribution in [1.82, 2.24) is 5.32 Å². The second-order valence-corrected chi connectivity index (χ2v) is 4.43. The smallest absolute Gasteiger partial charge is 0.373 e. The van der Waals surface area contributed by atoms with Crippen LogP contribution < -0.4 is 5.32 Å². The van der Waals surface area contributed by atoms with Gasteiger partial charge in [-0.15, -0.1) is 0 Å². The molecule has 0 aliphatic heterocycles. The molecule has 88 valence electrons. The summed E-state index contributed by atoms with van der Waals surface area (Å²) in [6.07, 6.45) is 0. The summed E-state index contributed by atoms with van der Waals surface area (Å²) in [4.78, 5) is 11.2. The van der Waals surface area contributed by atoms with Crippen LogP contribution in [0.4, 0.5) is 0 Å². The van der Waals surface area contributed by atoms with Gasteiger partial charge in [-0.05, 0) is 19.1 Å². The average Bonchev–Trinajstić information content (AvgIpc) is 2.74. The zero-order chi connectivity index (χ0) is 12.1. The number of methoxy groups -OCH3 is 1. The number of carbonyl (C=O) groups is 1. The van der Waals surface area contributed by atoms with Crippen molar-refractivity contribution in [2.24, 2.45) is 0 Å². The maximum atomic E-state index is 11.2. The third kappa shape index (κ3) is 3.50. The molecule has 1 atom stereocenters. The fourth-order valence-corrected chi connectivity index (χ4v) is 1.32. The van der Waals surface area contributed by atoms with Crippen molar-refractivity contribution < 1.29 is 13.9 Å². The molecule has 0 fully saturated rings. The number of rotatable bonds is 5. The van der Waals surface area contributed by atoms with Crippen LogP contribution in [0.2, 0.25) is 0 Å². The van der Waals surface area contributed by atoms with E-state index in [1.54, 1.807) is 12.1 Å². The third-order valence-corrected chi connectivity index (χ3v) is 2.32. The first kappa shape index (κ1) is 13.0. The number of carbonyl (C=O) groups excluding carboxylic acids is 1. The van der Waals surface area contributed by atoms with Crippen molar-refractivity contribution in [2.75, 3.05) is 13.7 Å². The van der Waals surface area contributed by atoms with E-state index in [4.69, 9.17) is 4.42 Å². The highest BCUT2D eigenvalue weighted by molar-refractivity contribution is 9.11. The van der Waals surface area contributed by atoms with E-state index in [2.05, 4.69) is 32.6 Å². The lowest BCUT2D eigenvalue weighted by molar-refractivity contribution is 0.0562. The quantitative estimate of drug-likeness (QED) is 0.846. The molecule has 0 saturated heterocycles. The zero-order valence-electron chi connectivity index (χ0n) is 9.25. The molecule has 0 saturated carbocycles. The second-order valence-electron chi connectivity index (χ2n) is 3.31. The van der Waals surface area contributed by atoms with Gasteiger partial charge in [-0.3, -0.25) is 0 Å². The van der Waals surface area contributed by atoms with Crippen LogP contribution in [0.15, 0.2) is 27.6 Å². The van der Waals surface area contributed by atoms with Crippen LogP contribution in [-0.2, 0) is 4.74 Å². The molecule has 1 rings (SSSR count). The molecule has 0 aromatic carbocycles. The predicted molar refractivity (Wildman–Crippen MR) is 64.5 cm³/mol. The van der Waals surface area contributed by atoms with Gasteiger partial charge >= 0.3 is 5.97 Å². The molecule has 1 aromatic rings. The maximum Gasteiger partial charge on any atom is 0.373 e. The van der Waals surface area contributed by atoms with Crippen LogP contribution in [0.1, 0.15) is 29.3 Å². The van der Waals surface area contributed by atoms with E-state index in [1.807, 2.05) is 6.92 Å². The first-order chi connectivity index (χ1) is 7.54. The minimum absolute atomic E-state index is 0.00714. The minimum Gasteiger partial charge on any atom is -0.463 e. The number of ether oxygens (including phenoxy) is 1. The normalized spacial score (nSPS) is 12.2. The van der Waals surface area contributed by atoms with Crippen molar-refractivity contribution in [2.45, 2.75) is 13.0 Å². The average molecular weight is 288 g/mol. The molecule has 5 heteroatoms. The molecular weight excluding hydrogens is 274 g/mol. The third-order valence-electron chi connectivity index (χ3n) is 2.04. The number of furan rings is 1. The monoisotopic (exact) mass is 287 g/mol. The van der Waals surface area contributed by atoms with Crippen molar-refractivity contribution >= 4 is 21.9 Å². The molecule has 16 heavy (non-hydrogen) atoms.